The summed E-state index contributed by atoms with van der Waals surface area (Å²) in [6.07, 6.45) is -3.68. The van der Waals surface area contributed by atoms with Crippen molar-refractivity contribution in [3.8, 4) is 0 Å². The van der Waals surface area contributed by atoms with E-state index in [1.807, 2.05) is 0 Å². The molecule has 8 heteroatoms. The summed E-state index contributed by atoms with van der Waals surface area (Å²) in [5.74, 6) is -0.558. The maximum Gasteiger partial charge on any atom is 0.425 e. The lowest BCUT2D eigenvalue weighted by atomic mass is 9.91. The number of halogens is 4. The van der Waals surface area contributed by atoms with Crippen molar-refractivity contribution < 1.29 is 27.6 Å². The first-order chi connectivity index (χ1) is 11.1. The highest BCUT2D eigenvalue weighted by Gasteiger charge is 2.53. The van der Waals surface area contributed by atoms with E-state index in [-0.39, 0.29) is 5.56 Å². The van der Waals surface area contributed by atoms with Crippen molar-refractivity contribution in [2.75, 3.05) is 0 Å². The van der Waals surface area contributed by atoms with Gasteiger partial charge in [-0.2, -0.15) is 13.2 Å². The fourth-order valence-electron chi connectivity index (χ4n) is 2.00. The molecule has 126 valence electrons. The molecule has 1 N–H and O–H groups in total. The summed E-state index contributed by atoms with van der Waals surface area (Å²) in [6.45, 7) is 0. The minimum atomic E-state index is -5.11. The molecule has 24 heavy (non-hydrogen) atoms. The number of nitro groups is 1. The van der Waals surface area contributed by atoms with Crippen LogP contribution in [0.3, 0.4) is 0 Å². The molecule has 0 fully saturated rings. The fourth-order valence-corrected chi connectivity index (χ4v) is 2.00. The summed E-state index contributed by atoms with van der Waals surface area (Å²) in [4.78, 5) is 9.87. The van der Waals surface area contributed by atoms with E-state index in [0.717, 1.165) is 36.4 Å². The maximum absolute atomic E-state index is 13.4. The summed E-state index contributed by atoms with van der Waals surface area (Å²) in [5, 5.41) is 20.9. The van der Waals surface area contributed by atoms with Crippen LogP contribution in [0.2, 0.25) is 0 Å². The first-order valence-corrected chi connectivity index (χ1v) is 6.62. The van der Waals surface area contributed by atoms with Crippen molar-refractivity contribution in [1.82, 2.24) is 0 Å². The SMILES string of the molecule is O=[N+]([O-])c1cccc(C(O)(C=Cc2ccc(F)cc2)C(F)(F)F)c1. The normalized spacial score (nSPS) is 14.5. The predicted molar refractivity (Wildman–Crippen MR) is 78.5 cm³/mol. The van der Waals surface area contributed by atoms with E-state index in [0.29, 0.717) is 12.1 Å². The molecule has 2 aromatic rings. The Kier molecular flexibility index (Phi) is 4.70. The van der Waals surface area contributed by atoms with Gasteiger partial charge in [0, 0.05) is 17.7 Å². The van der Waals surface area contributed by atoms with Crippen molar-refractivity contribution in [3.63, 3.8) is 0 Å². The largest absolute Gasteiger partial charge is 0.425 e. The highest BCUT2D eigenvalue weighted by Crippen LogP contribution is 2.41. The molecule has 0 bridgehead atoms. The predicted octanol–water partition coefficient (Wildman–Crippen LogP) is 4.20. The Morgan fingerprint density at radius 2 is 1.71 bits per heavy atom. The molecule has 0 saturated heterocycles. The van der Waals surface area contributed by atoms with Gasteiger partial charge in [0.1, 0.15) is 5.82 Å². The zero-order valence-corrected chi connectivity index (χ0v) is 12.0. The Morgan fingerprint density at radius 3 is 2.25 bits per heavy atom. The van der Waals surface area contributed by atoms with Crippen LogP contribution in [0.25, 0.3) is 6.08 Å². The van der Waals surface area contributed by atoms with E-state index in [1.165, 1.54) is 12.1 Å². The molecule has 0 spiro atoms. The van der Waals surface area contributed by atoms with Crippen molar-refractivity contribution in [2.45, 2.75) is 11.8 Å². The number of nitrogens with zero attached hydrogens (tertiary/aromatic N) is 1. The molecule has 1 unspecified atom stereocenters. The molecule has 2 rings (SSSR count). The highest BCUT2D eigenvalue weighted by atomic mass is 19.4. The molecule has 0 heterocycles. The average molecular weight is 341 g/mol. The summed E-state index contributed by atoms with van der Waals surface area (Å²) in [5.41, 5.74) is -4.47. The van der Waals surface area contributed by atoms with E-state index in [1.54, 1.807) is 0 Å². The van der Waals surface area contributed by atoms with E-state index < -0.39 is 33.8 Å². The van der Waals surface area contributed by atoms with Gasteiger partial charge in [-0.05, 0) is 23.8 Å². The van der Waals surface area contributed by atoms with Gasteiger partial charge in [0.2, 0.25) is 5.60 Å². The third kappa shape index (κ3) is 3.60. The molecule has 0 radical (unpaired) electrons. The van der Waals surface area contributed by atoms with Crippen LogP contribution in [-0.2, 0) is 5.60 Å². The lowest BCUT2D eigenvalue weighted by Gasteiger charge is -2.27. The lowest BCUT2D eigenvalue weighted by molar-refractivity contribution is -0.385. The molecule has 4 nitrogen and oxygen atoms in total. The second-order valence-electron chi connectivity index (χ2n) is 4.96. The quantitative estimate of drug-likeness (QED) is 0.515. The highest BCUT2D eigenvalue weighted by molar-refractivity contribution is 5.53. The maximum atomic E-state index is 13.4. The molecule has 0 aliphatic carbocycles. The summed E-state index contributed by atoms with van der Waals surface area (Å²) < 4.78 is 52.9. The first kappa shape index (κ1) is 17.6. The standard InChI is InChI=1S/C16H11F4NO3/c17-13-6-4-11(5-7-13)8-9-15(22,16(18,19)20)12-2-1-3-14(10-12)21(23)24/h1-10,22H. The number of hydrogen-bond acceptors (Lipinski definition) is 3. The zero-order chi connectivity index (χ0) is 18.0. The van der Waals surface area contributed by atoms with E-state index in [9.17, 15) is 32.8 Å². The van der Waals surface area contributed by atoms with Gasteiger partial charge in [0.05, 0.1) is 4.92 Å². The number of non-ortho nitro benzene ring substituents is 1. The third-order valence-corrected chi connectivity index (χ3v) is 3.32. The molecule has 0 aliphatic rings. The third-order valence-electron chi connectivity index (χ3n) is 3.32. The van der Waals surface area contributed by atoms with Crippen LogP contribution in [0.15, 0.2) is 54.6 Å². The Bertz CT molecular complexity index is 772. The Balaban J connectivity index is 2.49. The number of hydrogen-bond donors (Lipinski definition) is 1. The van der Waals surface area contributed by atoms with Gasteiger partial charge in [0.25, 0.3) is 5.69 Å². The topological polar surface area (TPSA) is 63.4 Å². The molecule has 0 aliphatic heterocycles. The van der Waals surface area contributed by atoms with Crippen LogP contribution in [0.5, 0.6) is 0 Å². The van der Waals surface area contributed by atoms with Crippen molar-refractivity contribution >= 4 is 11.8 Å². The Hall–Kier alpha value is -2.74. The van der Waals surface area contributed by atoms with E-state index >= 15 is 0 Å². The summed E-state index contributed by atoms with van der Waals surface area (Å²) in [7, 11) is 0. The molecule has 0 saturated carbocycles. The van der Waals surface area contributed by atoms with Crippen LogP contribution < -0.4 is 0 Å². The number of aliphatic hydroxyl groups is 1. The van der Waals surface area contributed by atoms with Crippen LogP contribution in [-0.4, -0.2) is 16.2 Å². The number of alkyl halides is 3. The summed E-state index contributed by atoms with van der Waals surface area (Å²) in [6, 6.07) is 8.24. The minimum Gasteiger partial charge on any atom is -0.373 e. The van der Waals surface area contributed by atoms with Gasteiger partial charge in [-0.15, -0.1) is 0 Å². The van der Waals surface area contributed by atoms with Crippen LogP contribution >= 0.6 is 0 Å². The summed E-state index contributed by atoms with van der Waals surface area (Å²) >= 11 is 0. The number of rotatable bonds is 4. The van der Waals surface area contributed by atoms with Crippen molar-refractivity contribution in [1.29, 1.82) is 0 Å². The van der Waals surface area contributed by atoms with Gasteiger partial charge < -0.3 is 5.11 Å². The molecular formula is C16H11F4NO3. The second kappa shape index (κ2) is 6.40. The Labute approximate surface area is 133 Å². The molecule has 0 amide bonds. The monoisotopic (exact) mass is 341 g/mol. The van der Waals surface area contributed by atoms with Crippen LogP contribution in [0.1, 0.15) is 11.1 Å². The first-order valence-electron chi connectivity index (χ1n) is 6.62. The minimum absolute atomic E-state index is 0.226. The van der Waals surface area contributed by atoms with Crippen molar-refractivity contribution in [3.05, 3.63) is 81.7 Å². The molecule has 2 aromatic carbocycles. The molecule has 0 aromatic heterocycles. The smallest absolute Gasteiger partial charge is 0.373 e. The van der Waals surface area contributed by atoms with Gasteiger partial charge >= 0.3 is 6.18 Å². The van der Waals surface area contributed by atoms with E-state index in [2.05, 4.69) is 0 Å². The van der Waals surface area contributed by atoms with Crippen molar-refractivity contribution in [2.24, 2.45) is 0 Å². The average Bonchev–Trinajstić information content (AvgIpc) is 2.53. The Morgan fingerprint density at radius 1 is 1.08 bits per heavy atom. The fraction of sp³-hybridized carbons (Fsp3) is 0.125. The van der Waals surface area contributed by atoms with Crippen LogP contribution in [0, 0.1) is 15.9 Å². The van der Waals surface area contributed by atoms with Gasteiger partial charge in [0.15, 0.2) is 0 Å². The van der Waals surface area contributed by atoms with Gasteiger partial charge in [-0.25, -0.2) is 4.39 Å². The number of benzene rings is 2. The van der Waals surface area contributed by atoms with Gasteiger partial charge in [-0.1, -0.05) is 30.3 Å². The van der Waals surface area contributed by atoms with E-state index in [4.69, 9.17) is 0 Å². The molecular weight excluding hydrogens is 330 g/mol. The molecule has 1 atom stereocenters. The lowest BCUT2D eigenvalue weighted by Crippen LogP contribution is -2.40. The second-order valence-corrected chi connectivity index (χ2v) is 4.96. The van der Waals surface area contributed by atoms with Crippen LogP contribution in [0.4, 0.5) is 23.2 Å². The van der Waals surface area contributed by atoms with Gasteiger partial charge in [-0.3, -0.25) is 10.1 Å². The number of nitro benzene ring substituents is 1. The zero-order valence-electron chi connectivity index (χ0n) is 12.0.